The van der Waals surface area contributed by atoms with Crippen LogP contribution in [0, 0.1) is 0 Å². The number of hydrogen-bond donors (Lipinski definition) is 0. The predicted octanol–water partition coefficient (Wildman–Crippen LogP) is 1.75. The van der Waals surface area contributed by atoms with Crippen molar-refractivity contribution in [2.45, 2.75) is 6.10 Å². The Kier molecular flexibility index (Phi) is 1.80. The van der Waals surface area contributed by atoms with Gasteiger partial charge in [0, 0.05) is 12.7 Å². The lowest BCUT2D eigenvalue weighted by Gasteiger charge is -2.16. The summed E-state index contributed by atoms with van der Waals surface area (Å²) in [5.41, 5.74) is 1.02. The topological polar surface area (TPSA) is 30.8 Å². The Balaban J connectivity index is 2.43. The highest BCUT2D eigenvalue weighted by Gasteiger charge is 2.16. The first-order chi connectivity index (χ1) is 5.92. The smallest absolute Gasteiger partial charge is 0.164 e. The molecular weight excluding hydrogens is 154 g/mol. The molecule has 3 heteroatoms. The molecule has 0 fully saturated rings. The Bertz CT molecular complexity index is 309. The monoisotopic (exact) mass is 163 g/mol. The normalized spacial score (nSPS) is 19.9. The molecule has 3 nitrogen and oxygen atoms in total. The number of nitrogens with zero attached hydrogens (tertiary/aromatic N) is 1. The third-order valence-electron chi connectivity index (χ3n) is 1.83. The van der Waals surface area contributed by atoms with E-state index in [0.29, 0.717) is 0 Å². The molecule has 0 bridgehead atoms. The summed E-state index contributed by atoms with van der Waals surface area (Å²) in [5, 5.41) is 3.72. The highest BCUT2D eigenvalue weighted by Crippen LogP contribution is 2.28. The Labute approximate surface area is 70.6 Å². The van der Waals surface area contributed by atoms with Crippen LogP contribution in [-0.2, 0) is 4.74 Å². The lowest BCUT2D eigenvalue weighted by Crippen LogP contribution is -2.09. The van der Waals surface area contributed by atoms with Gasteiger partial charge >= 0.3 is 0 Å². The molecule has 1 aromatic carbocycles. The molecule has 0 aromatic heterocycles. The second kappa shape index (κ2) is 2.95. The minimum absolute atomic E-state index is 0.0741. The molecular formula is C9H9NO2. The first-order valence-electron chi connectivity index (χ1n) is 3.74. The second-order valence-electron chi connectivity index (χ2n) is 2.54. The van der Waals surface area contributed by atoms with E-state index >= 15 is 0 Å². The van der Waals surface area contributed by atoms with Gasteiger partial charge in [0.25, 0.3) is 0 Å². The number of oxime groups is 1. The zero-order valence-electron chi connectivity index (χ0n) is 6.73. The van der Waals surface area contributed by atoms with E-state index < -0.39 is 0 Å². The van der Waals surface area contributed by atoms with Crippen LogP contribution < -0.4 is 4.84 Å². The molecule has 1 atom stereocenters. The minimum Gasteiger partial charge on any atom is -0.371 e. The summed E-state index contributed by atoms with van der Waals surface area (Å²) in [6.45, 7) is 0. The van der Waals surface area contributed by atoms with Crippen molar-refractivity contribution in [1.29, 1.82) is 0 Å². The number of para-hydroxylation sites is 1. The maximum Gasteiger partial charge on any atom is 0.164 e. The summed E-state index contributed by atoms with van der Waals surface area (Å²) in [6.07, 6.45) is 1.57. The fourth-order valence-corrected chi connectivity index (χ4v) is 1.21. The van der Waals surface area contributed by atoms with Gasteiger partial charge in [0.1, 0.15) is 6.10 Å². The average Bonchev–Trinajstić information content (AvgIpc) is 2.17. The molecule has 0 saturated carbocycles. The average molecular weight is 163 g/mol. The van der Waals surface area contributed by atoms with Gasteiger partial charge in [-0.15, -0.1) is 0 Å². The summed E-state index contributed by atoms with van der Waals surface area (Å²) in [7, 11) is 1.65. The van der Waals surface area contributed by atoms with E-state index in [1.54, 1.807) is 13.3 Å². The molecule has 0 aliphatic carbocycles. The van der Waals surface area contributed by atoms with E-state index in [-0.39, 0.29) is 6.10 Å². The first-order valence-corrected chi connectivity index (χ1v) is 3.74. The van der Waals surface area contributed by atoms with Crippen LogP contribution in [0.1, 0.15) is 11.7 Å². The highest BCUT2D eigenvalue weighted by molar-refractivity contribution is 5.68. The van der Waals surface area contributed by atoms with E-state index in [2.05, 4.69) is 5.16 Å². The van der Waals surface area contributed by atoms with Gasteiger partial charge in [-0.2, -0.15) is 0 Å². The van der Waals surface area contributed by atoms with E-state index in [4.69, 9.17) is 9.57 Å². The molecule has 0 radical (unpaired) electrons. The summed E-state index contributed by atoms with van der Waals surface area (Å²) in [6, 6.07) is 7.70. The van der Waals surface area contributed by atoms with E-state index in [1.165, 1.54) is 0 Å². The molecule has 62 valence electrons. The van der Waals surface area contributed by atoms with E-state index in [1.807, 2.05) is 24.3 Å². The lowest BCUT2D eigenvalue weighted by atomic mass is 10.1. The first kappa shape index (κ1) is 7.31. The van der Waals surface area contributed by atoms with Crippen LogP contribution >= 0.6 is 0 Å². The van der Waals surface area contributed by atoms with Crippen LogP contribution in [-0.4, -0.2) is 13.3 Å². The number of rotatable bonds is 1. The van der Waals surface area contributed by atoms with E-state index in [0.717, 1.165) is 11.3 Å². The van der Waals surface area contributed by atoms with Crippen LogP contribution in [0.4, 0.5) is 0 Å². The number of benzene rings is 1. The quantitative estimate of drug-likeness (QED) is 0.631. The minimum atomic E-state index is -0.0741. The summed E-state index contributed by atoms with van der Waals surface area (Å²) in [4.78, 5) is 5.04. The van der Waals surface area contributed by atoms with Crippen LogP contribution in [0.25, 0.3) is 0 Å². The van der Waals surface area contributed by atoms with Gasteiger partial charge in [0.05, 0.1) is 6.21 Å². The van der Waals surface area contributed by atoms with Gasteiger partial charge in [-0.25, -0.2) is 0 Å². The summed E-state index contributed by atoms with van der Waals surface area (Å²) in [5.74, 6) is 0.770. The van der Waals surface area contributed by atoms with Crippen LogP contribution in [0.5, 0.6) is 5.75 Å². The Morgan fingerprint density at radius 1 is 1.42 bits per heavy atom. The molecule has 0 amide bonds. The maximum absolute atomic E-state index is 5.19. The molecule has 1 aliphatic heterocycles. The van der Waals surface area contributed by atoms with Crippen molar-refractivity contribution in [3.05, 3.63) is 29.8 Å². The Hall–Kier alpha value is -1.35. The second-order valence-corrected chi connectivity index (χ2v) is 2.54. The fraction of sp³-hybridized carbons (Fsp3) is 0.222. The van der Waals surface area contributed by atoms with Gasteiger partial charge in [-0.3, -0.25) is 0 Å². The fourth-order valence-electron chi connectivity index (χ4n) is 1.21. The van der Waals surface area contributed by atoms with Gasteiger partial charge in [0.2, 0.25) is 0 Å². The lowest BCUT2D eigenvalue weighted by molar-refractivity contribution is 0.147. The van der Waals surface area contributed by atoms with Crippen molar-refractivity contribution in [2.75, 3.05) is 7.11 Å². The third-order valence-corrected chi connectivity index (χ3v) is 1.83. The van der Waals surface area contributed by atoms with E-state index in [9.17, 15) is 0 Å². The number of ether oxygens (including phenoxy) is 1. The van der Waals surface area contributed by atoms with Crippen LogP contribution in [0.2, 0.25) is 0 Å². The number of hydrogen-bond acceptors (Lipinski definition) is 3. The van der Waals surface area contributed by atoms with Gasteiger partial charge in [0.15, 0.2) is 5.75 Å². The van der Waals surface area contributed by atoms with Crippen molar-refractivity contribution in [3.8, 4) is 5.75 Å². The summed E-state index contributed by atoms with van der Waals surface area (Å²) >= 11 is 0. The SMILES string of the molecule is COC1C=NOc2ccccc21. The molecule has 0 saturated heterocycles. The number of methoxy groups -OCH3 is 1. The largest absolute Gasteiger partial charge is 0.371 e. The standard InChI is InChI=1S/C9H9NO2/c1-11-9-6-10-12-8-5-3-2-4-7(8)9/h2-6,9H,1H3. The van der Waals surface area contributed by atoms with Crippen LogP contribution in [0.3, 0.4) is 0 Å². The zero-order chi connectivity index (χ0) is 8.39. The van der Waals surface area contributed by atoms with Crippen molar-refractivity contribution in [1.82, 2.24) is 0 Å². The Morgan fingerprint density at radius 2 is 2.25 bits per heavy atom. The van der Waals surface area contributed by atoms with Crippen molar-refractivity contribution in [3.63, 3.8) is 0 Å². The third kappa shape index (κ3) is 1.08. The zero-order valence-corrected chi connectivity index (χ0v) is 6.73. The van der Waals surface area contributed by atoms with Crippen molar-refractivity contribution < 1.29 is 9.57 Å². The van der Waals surface area contributed by atoms with Gasteiger partial charge < -0.3 is 9.57 Å². The molecule has 0 spiro atoms. The van der Waals surface area contributed by atoms with Gasteiger partial charge in [-0.1, -0.05) is 23.4 Å². The molecule has 1 heterocycles. The molecule has 0 N–H and O–H groups in total. The predicted molar refractivity (Wildman–Crippen MR) is 45.3 cm³/mol. The highest BCUT2D eigenvalue weighted by atomic mass is 16.6. The summed E-state index contributed by atoms with van der Waals surface area (Å²) < 4.78 is 5.19. The molecule has 12 heavy (non-hydrogen) atoms. The Morgan fingerprint density at radius 3 is 3.08 bits per heavy atom. The molecule has 1 aromatic rings. The van der Waals surface area contributed by atoms with Crippen LogP contribution in [0.15, 0.2) is 29.4 Å². The molecule has 1 unspecified atom stereocenters. The number of fused-ring (bicyclic) bond motifs is 1. The van der Waals surface area contributed by atoms with Gasteiger partial charge in [-0.05, 0) is 6.07 Å². The molecule has 1 aliphatic rings. The van der Waals surface area contributed by atoms with Crippen molar-refractivity contribution >= 4 is 6.21 Å². The maximum atomic E-state index is 5.19. The molecule has 2 rings (SSSR count). The van der Waals surface area contributed by atoms with Crippen molar-refractivity contribution in [2.24, 2.45) is 5.16 Å².